The minimum Gasteiger partial charge on any atom is -0.237 e. The van der Waals surface area contributed by atoms with Crippen molar-refractivity contribution in [1.29, 1.82) is 0 Å². The second-order valence-electron chi connectivity index (χ2n) is 4.57. The van der Waals surface area contributed by atoms with Gasteiger partial charge >= 0.3 is 0 Å². The van der Waals surface area contributed by atoms with Gasteiger partial charge < -0.3 is 0 Å². The van der Waals surface area contributed by atoms with Crippen molar-refractivity contribution in [2.24, 2.45) is 0 Å². The topological polar surface area (TPSA) is 25.8 Å². The van der Waals surface area contributed by atoms with Crippen molar-refractivity contribution in [2.45, 2.75) is 50.7 Å². The summed E-state index contributed by atoms with van der Waals surface area (Å²) >= 11 is 7.96. The molecular weight excluding hydrogens is 252 g/mol. The molecule has 1 aliphatic carbocycles. The van der Waals surface area contributed by atoms with Crippen molar-refractivity contribution in [1.82, 2.24) is 9.97 Å². The largest absolute Gasteiger partial charge is 0.237 e. The Kier molecular flexibility index (Phi) is 5.11. The molecule has 0 atom stereocenters. The van der Waals surface area contributed by atoms with Gasteiger partial charge in [-0.3, -0.25) is 0 Å². The van der Waals surface area contributed by atoms with E-state index in [1.54, 1.807) is 0 Å². The predicted molar refractivity (Wildman–Crippen MR) is 74.7 cm³/mol. The predicted octanol–water partition coefficient (Wildman–Crippen LogP) is 4.43. The summed E-state index contributed by atoms with van der Waals surface area (Å²) < 4.78 is 0. The first kappa shape index (κ1) is 13.2. The van der Waals surface area contributed by atoms with Crippen LogP contribution in [0.3, 0.4) is 0 Å². The molecule has 0 aromatic carbocycles. The Bertz CT molecular complexity index is 364. The van der Waals surface area contributed by atoms with Crippen molar-refractivity contribution in [2.75, 3.05) is 5.75 Å². The summed E-state index contributed by atoms with van der Waals surface area (Å²) in [5.41, 5.74) is 1.16. The number of thioether (sulfide) groups is 1. The second kappa shape index (κ2) is 6.60. The molecule has 1 heterocycles. The van der Waals surface area contributed by atoms with E-state index in [9.17, 15) is 0 Å². The van der Waals surface area contributed by atoms with Gasteiger partial charge in [-0.1, -0.05) is 31.4 Å². The third-order valence-corrected chi connectivity index (χ3v) is 4.47. The molecule has 2 rings (SSSR count). The van der Waals surface area contributed by atoms with E-state index in [2.05, 4.69) is 16.9 Å². The van der Waals surface area contributed by atoms with Crippen LogP contribution >= 0.6 is 23.4 Å². The van der Waals surface area contributed by atoms with Crippen LogP contribution in [0, 0.1) is 0 Å². The molecule has 1 aromatic heterocycles. The minimum absolute atomic E-state index is 0.606. The molecule has 0 aliphatic heterocycles. The average Bonchev–Trinajstić information content (AvgIpc) is 2.82. The Labute approximate surface area is 113 Å². The summed E-state index contributed by atoms with van der Waals surface area (Å²) in [4.78, 5) is 8.98. The Balaban J connectivity index is 2.05. The number of nitrogens with zero attached hydrogens (tertiary/aromatic N) is 2. The standard InChI is InChI=1S/C13H19ClN2S/c1-2-7-17-9-13-15-11(8-12(14)16-13)10-5-3-4-6-10/h8,10H,2-7,9H2,1H3. The van der Waals surface area contributed by atoms with Crippen LogP contribution in [0.15, 0.2) is 6.07 Å². The van der Waals surface area contributed by atoms with E-state index in [-0.39, 0.29) is 0 Å². The smallest absolute Gasteiger partial charge is 0.140 e. The van der Waals surface area contributed by atoms with E-state index in [1.807, 2.05) is 17.8 Å². The normalized spacial score (nSPS) is 16.6. The Morgan fingerprint density at radius 3 is 2.82 bits per heavy atom. The zero-order valence-corrected chi connectivity index (χ0v) is 11.9. The van der Waals surface area contributed by atoms with Crippen molar-refractivity contribution in [3.8, 4) is 0 Å². The molecule has 0 amide bonds. The van der Waals surface area contributed by atoms with E-state index in [0.29, 0.717) is 11.1 Å². The maximum absolute atomic E-state index is 6.08. The van der Waals surface area contributed by atoms with Gasteiger partial charge in [0.15, 0.2) is 0 Å². The van der Waals surface area contributed by atoms with Crippen molar-refractivity contribution < 1.29 is 0 Å². The Hall–Kier alpha value is -0.280. The van der Waals surface area contributed by atoms with E-state index in [4.69, 9.17) is 11.6 Å². The third-order valence-electron chi connectivity index (χ3n) is 3.11. The summed E-state index contributed by atoms with van der Waals surface area (Å²) in [5.74, 6) is 3.56. The van der Waals surface area contributed by atoms with Crippen LogP contribution < -0.4 is 0 Å². The lowest BCUT2D eigenvalue weighted by Crippen LogP contribution is -2.02. The summed E-state index contributed by atoms with van der Waals surface area (Å²) in [6.45, 7) is 2.19. The van der Waals surface area contributed by atoms with Gasteiger partial charge in [-0.05, 0) is 31.1 Å². The summed E-state index contributed by atoms with van der Waals surface area (Å²) in [7, 11) is 0. The van der Waals surface area contributed by atoms with Gasteiger partial charge in [0.2, 0.25) is 0 Å². The number of hydrogen-bond acceptors (Lipinski definition) is 3. The van der Waals surface area contributed by atoms with Crippen LogP contribution in [0.1, 0.15) is 56.5 Å². The fourth-order valence-corrected chi connectivity index (χ4v) is 3.24. The zero-order chi connectivity index (χ0) is 12.1. The summed E-state index contributed by atoms with van der Waals surface area (Å²) in [6, 6.07) is 1.95. The van der Waals surface area contributed by atoms with Crippen molar-refractivity contribution >= 4 is 23.4 Å². The molecular formula is C13H19ClN2S. The molecule has 4 heteroatoms. The van der Waals surface area contributed by atoms with Gasteiger partial charge in [-0.2, -0.15) is 11.8 Å². The highest BCUT2D eigenvalue weighted by molar-refractivity contribution is 7.98. The van der Waals surface area contributed by atoms with Crippen LogP contribution in [0.2, 0.25) is 5.15 Å². The van der Waals surface area contributed by atoms with Gasteiger partial charge in [0.05, 0.1) is 5.75 Å². The van der Waals surface area contributed by atoms with Crippen molar-refractivity contribution in [3.63, 3.8) is 0 Å². The van der Waals surface area contributed by atoms with Gasteiger partial charge in [0, 0.05) is 11.6 Å². The average molecular weight is 271 g/mol. The molecule has 17 heavy (non-hydrogen) atoms. The number of halogens is 1. The van der Waals surface area contributed by atoms with E-state index in [1.165, 1.54) is 32.1 Å². The van der Waals surface area contributed by atoms with Gasteiger partial charge in [-0.15, -0.1) is 0 Å². The van der Waals surface area contributed by atoms with Gasteiger partial charge in [-0.25, -0.2) is 9.97 Å². The van der Waals surface area contributed by atoms with Crippen LogP contribution in [0.4, 0.5) is 0 Å². The van der Waals surface area contributed by atoms with E-state index >= 15 is 0 Å². The molecule has 0 spiro atoms. The van der Waals surface area contributed by atoms with E-state index < -0.39 is 0 Å². The molecule has 2 nitrogen and oxygen atoms in total. The molecule has 1 aliphatic rings. The molecule has 0 bridgehead atoms. The molecule has 0 saturated heterocycles. The highest BCUT2D eigenvalue weighted by Crippen LogP contribution is 2.33. The molecule has 94 valence electrons. The Morgan fingerprint density at radius 1 is 1.35 bits per heavy atom. The fraction of sp³-hybridized carbons (Fsp3) is 0.692. The molecule has 0 unspecified atom stereocenters. The lowest BCUT2D eigenvalue weighted by atomic mass is 10.0. The highest BCUT2D eigenvalue weighted by Gasteiger charge is 2.19. The SMILES string of the molecule is CCCSCc1nc(Cl)cc(C2CCCC2)n1. The van der Waals surface area contributed by atoms with Crippen LogP contribution in [-0.2, 0) is 5.75 Å². The van der Waals surface area contributed by atoms with Gasteiger partial charge in [0.1, 0.15) is 11.0 Å². The third kappa shape index (κ3) is 3.85. The number of hydrogen-bond donors (Lipinski definition) is 0. The monoisotopic (exact) mass is 270 g/mol. The number of rotatable bonds is 5. The lowest BCUT2D eigenvalue weighted by molar-refractivity contribution is 0.688. The quantitative estimate of drug-likeness (QED) is 0.585. The van der Waals surface area contributed by atoms with Crippen LogP contribution in [0.5, 0.6) is 0 Å². The first-order valence-electron chi connectivity index (χ1n) is 6.40. The molecule has 0 N–H and O–H groups in total. The van der Waals surface area contributed by atoms with E-state index in [0.717, 1.165) is 23.0 Å². The zero-order valence-electron chi connectivity index (χ0n) is 10.3. The lowest BCUT2D eigenvalue weighted by Gasteiger charge is -2.10. The molecule has 1 fully saturated rings. The molecule has 0 radical (unpaired) electrons. The summed E-state index contributed by atoms with van der Waals surface area (Å²) in [6.07, 6.45) is 6.36. The maximum atomic E-state index is 6.08. The Morgan fingerprint density at radius 2 is 2.12 bits per heavy atom. The number of aromatic nitrogens is 2. The maximum Gasteiger partial charge on any atom is 0.140 e. The van der Waals surface area contributed by atoms with Gasteiger partial charge in [0.25, 0.3) is 0 Å². The van der Waals surface area contributed by atoms with Crippen molar-refractivity contribution in [3.05, 3.63) is 22.7 Å². The first-order chi connectivity index (χ1) is 8.29. The fourth-order valence-electron chi connectivity index (χ4n) is 2.29. The first-order valence-corrected chi connectivity index (χ1v) is 7.94. The molecule has 1 saturated carbocycles. The minimum atomic E-state index is 0.606. The highest BCUT2D eigenvalue weighted by atomic mass is 35.5. The second-order valence-corrected chi connectivity index (χ2v) is 6.06. The summed E-state index contributed by atoms with van der Waals surface area (Å²) in [5, 5.41) is 0.606. The molecule has 1 aromatic rings. The van der Waals surface area contributed by atoms with Crippen LogP contribution in [0.25, 0.3) is 0 Å². The van der Waals surface area contributed by atoms with Crippen LogP contribution in [-0.4, -0.2) is 15.7 Å².